The van der Waals surface area contributed by atoms with Gasteiger partial charge in [-0.2, -0.15) is 0 Å². The molecule has 0 aromatic carbocycles. The van der Waals surface area contributed by atoms with Gasteiger partial charge < -0.3 is 16.2 Å². The van der Waals surface area contributed by atoms with Crippen molar-refractivity contribution in [3.63, 3.8) is 0 Å². The molecule has 0 saturated heterocycles. The maximum Gasteiger partial charge on any atom is 0.308 e. The van der Waals surface area contributed by atoms with Crippen LogP contribution in [0.1, 0.15) is 46.5 Å². The normalized spacial score (nSPS) is 13.1. The van der Waals surface area contributed by atoms with E-state index in [9.17, 15) is 9.59 Å². The lowest BCUT2D eigenvalue weighted by molar-refractivity contribution is -0.142. The van der Waals surface area contributed by atoms with E-state index in [1.54, 1.807) is 0 Å². The van der Waals surface area contributed by atoms with E-state index in [-0.39, 0.29) is 17.9 Å². The predicted molar refractivity (Wildman–Crippen MR) is 71.1 cm³/mol. The summed E-state index contributed by atoms with van der Waals surface area (Å²) in [7, 11) is 0. The molecule has 0 aliphatic heterocycles. The van der Waals surface area contributed by atoms with Gasteiger partial charge >= 0.3 is 5.97 Å². The zero-order chi connectivity index (χ0) is 14.2. The van der Waals surface area contributed by atoms with Crippen molar-refractivity contribution in [1.29, 1.82) is 0 Å². The van der Waals surface area contributed by atoms with E-state index in [1.807, 2.05) is 20.8 Å². The number of hydrogen-bond acceptors (Lipinski definition) is 3. The van der Waals surface area contributed by atoms with Gasteiger partial charge in [0, 0.05) is 13.0 Å². The highest BCUT2D eigenvalue weighted by Crippen LogP contribution is 2.24. The first-order valence-corrected chi connectivity index (χ1v) is 6.46. The number of carboxylic acids is 1. The van der Waals surface area contributed by atoms with E-state index in [4.69, 9.17) is 10.8 Å². The minimum absolute atomic E-state index is 0.0622. The van der Waals surface area contributed by atoms with Crippen molar-refractivity contribution in [3.05, 3.63) is 0 Å². The third-order valence-corrected chi connectivity index (χ3v) is 2.61. The standard InChI is InChI=1S/C13H26N2O3/c1-13(2,3)8-10(12(17)18)9-15-11(16)6-4-5-7-14/h10H,4-9,14H2,1-3H3,(H,15,16)(H,17,18). The average Bonchev–Trinajstić information content (AvgIpc) is 2.22. The topological polar surface area (TPSA) is 92.4 Å². The number of aliphatic carboxylic acids is 1. The molecule has 0 aliphatic rings. The Hall–Kier alpha value is -1.10. The van der Waals surface area contributed by atoms with Crippen LogP contribution in [0.5, 0.6) is 0 Å². The smallest absolute Gasteiger partial charge is 0.308 e. The summed E-state index contributed by atoms with van der Waals surface area (Å²) in [5, 5.41) is 11.8. The van der Waals surface area contributed by atoms with Gasteiger partial charge in [-0.15, -0.1) is 0 Å². The molecule has 1 amide bonds. The van der Waals surface area contributed by atoms with Gasteiger partial charge in [0.2, 0.25) is 5.91 Å². The second kappa shape index (κ2) is 8.08. The molecule has 0 saturated carbocycles. The van der Waals surface area contributed by atoms with Crippen LogP contribution in [0.4, 0.5) is 0 Å². The molecule has 0 spiro atoms. The highest BCUT2D eigenvalue weighted by Gasteiger charge is 2.24. The van der Waals surface area contributed by atoms with Crippen molar-refractivity contribution >= 4 is 11.9 Å². The Morgan fingerprint density at radius 3 is 2.33 bits per heavy atom. The monoisotopic (exact) mass is 258 g/mol. The summed E-state index contributed by atoms with van der Waals surface area (Å²) < 4.78 is 0. The zero-order valence-electron chi connectivity index (χ0n) is 11.7. The van der Waals surface area contributed by atoms with E-state index in [1.165, 1.54) is 0 Å². The number of unbranched alkanes of at least 4 members (excludes halogenated alkanes) is 1. The van der Waals surface area contributed by atoms with Crippen LogP contribution in [0.25, 0.3) is 0 Å². The van der Waals surface area contributed by atoms with Gasteiger partial charge in [0.25, 0.3) is 0 Å². The maximum atomic E-state index is 11.5. The molecule has 4 N–H and O–H groups in total. The molecule has 1 unspecified atom stereocenters. The van der Waals surface area contributed by atoms with Crippen molar-refractivity contribution in [2.45, 2.75) is 46.5 Å². The summed E-state index contributed by atoms with van der Waals surface area (Å²) in [5.74, 6) is -1.47. The molecule has 1 atom stereocenters. The molecule has 0 rings (SSSR count). The molecule has 0 aromatic heterocycles. The van der Waals surface area contributed by atoms with Crippen molar-refractivity contribution in [2.24, 2.45) is 17.1 Å². The Morgan fingerprint density at radius 1 is 1.28 bits per heavy atom. The number of nitrogens with one attached hydrogen (secondary N) is 1. The fourth-order valence-corrected chi connectivity index (χ4v) is 1.74. The van der Waals surface area contributed by atoms with Gasteiger partial charge in [0.15, 0.2) is 0 Å². The van der Waals surface area contributed by atoms with Crippen LogP contribution in [0.15, 0.2) is 0 Å². The molecule has 106 valence electrons. The molecule has 5 nitrogen and oxygen atoms in total. The predicted octanol–water partition coefficient (Wildman–Crippen LogP) is 1.37. The highest BCUT2D eigenvalue weighted by atomic mass is 16.4. The molecule has 0 fully saturated rings. The van der Waals surface area contributed by atoms with Gasteiger partial charge in [-0.25, -0.2) is 0 Å². The summed E-state index contributed by atoms with van der Waals surface area (Å²) in [6.07, 6.45) is 2.53. The summed E-state index contributed by atoms with van der Waals surface area (Å²) in [6.45, 7) is 6.76. The highest BCUT2D eigenvalue weighted by molar-refractivity contribution is 5.77. The molecule has 0 radical (unpaired) electrons. The number of nitrogens with two attached hydrogens (primary N) is 1. The van der Waals surface area contributed by atoms with Crippen LogP contribution in [-0.4, -0.2) is 30.1 Å². The number of carbonyl (C=O) groups excluding carboxylic acids is 1. The third kappa shape index (κ3) is 8.98. The van der Waals surface area contributed by atoms with Gasteiger partial charge in [0.1, 0.15) is 0 Å². The van der Waals surface area contributed by atoms with Crippen LogP contribution in [-0.2, 0) is 9.59 Å². The number of carbonyl (C=O) groups is 2. The summed E-state index contributed by atoms with van der Waals surface area (Å²) >= 11 is 0. The Morgan fingerprint density at radius 2 is 1.89 bits per heavy atom. The fraction of sp³-hybridized carbons (Fsp3) is 0.846. The SMILES string of the molecule is CC(C)(C)CC(CNC(=O)CCCCN)C(=O)O. The van der Waals surface area contributed by atoms with E-state index in [0.29, 0.717) is 19.4 Å². The molecule has 0 aromatic rings. The number of amides is 1. The summed E-state index contributed by atoms with van der Waals surface area (Å²) in [4.78, 5) is 22.5. The van der Waals surface area contributed by atoms with E-state index in [2.05, 4.69) is 5.32 Å². The van der Waals surface area contributed by atoms with Gasteiger partial charge in [-0.1, -0.05) is 20.8 Å². The van der Waals surface area contributed by atoms with Crippen LogP contribution < -0.4 is 11.1 Å². The quantitative estimate of drug-likeness (QED) is 0.573. The van der Waals surface area contributed by atoms with E-state index in [0.717, 1.165) is 12.8 Å². The number of carboxylic acid groups (broad SMARTS) is 1. The number of hydrogen-bond donors (Lipinski definition) is 3. The summed E-state index contributed by atoms with van der Waals surface area (Å²) in [6, 6.07) is 0. The van der Waals surface area contributed by atoms with Crippen molar-refractivity contribution in [3.8, 4) is 0 Å². The van der Waals surface area contributed by atoms with Gasteiger partial charge in [0.05, 0.1) is 5.92 Å². The summed E-state index contributed by atoms with van der Waals surface area (Å²) in [5.41, 5.74) is 5.27. The minimum Gasteiger partial charge on any atom is -0.481 e. The molecular formula is C13H26N2O3. The second-order valence-corrected chi connectivity index (χ2v) is 5.85. The van der Waals surface area contributed by atoms with Crippen LogP contribution >= 0.6 is 0 Å². The van der Waals surface area contributed by atoms with E-state index >= 15 is 0 Å². The second-order valence-electron chi connectivity index (χ2n) is 5.85. The van der Waals surface area contributed by atoms with Crippen LogP contribution in [0.3, 0.4) is 0 Å². The lowest BCUT2D eigenvalue weighted by Crippen LogP contribution is -2.34. The molecule has 5 heteroatoms. The molecule has 0 heterocycles. The molecular weight excluding hydrogens is 232 g/mol. The molecule has 18 heavy (non-hydrogen) atoms. The van der Waals surface area contributed by atoms with Crippen molar-refractivity contribution in [2.75, 3.05) is 13.1 Å². The average molecular weight is 258 g/mol. The fourth-order valence-electron chi connectivity index (χ4n) is 1.74. The van der Waals surface area contributed by atoms with Crippen LogP contribution in [0.2, 0.25) is 0 Å². The van der Waals surface area contributed by atoms with Gasteiger partial charge in [-0.3, -0.25) is 9.59 Å². The Kier molecular flexibility index (Phi) is 7.59. The zero-order valence-corrected chi connectivity index (χ0v) is 11.7. The molecule has 0 aliphatic carbocycles. The lowest BCUT2D eigenvalue weighted by atomic mass is 9.84. The van der Waals surface area contributed by atoms with Crippen LogP contribution in [0, 0.1) is 11.3 Å². The first kappa shape index (κ1) is 16.9. The first-order chi connectivity index (χ1) is 8.26. The Bertz CT molecular complexity index is 272. The maximum absolute atomic E-state index is 11.5. The molecule has 0 bridgehead atoms. The lowest BCUT2D eigenvalue weighted by Gasteiger charge is -2.23. The minimum atomic E-state index is -0.854. The largest absolute Gasteiger partial charge is 0.481 e. The number of rotatable bonds is 8. The third-order valence-electron chi connectivity index (χ3n) is 2.61. The first-order valence-electron chi connectivity index (χ1n) is 6.46. The Balaban J connectivity index is 4.04. The Labute approximate surface area is 109 Å². The van der Waals surface area contributed by atoms with Crippen molar-refractivity contribution < 1.29 is 14.7 Å². The van der Waals surface area contributed by atoms with Crippen molar-refractivity contribution in [1.82, 2.24) is 5.32 Å². The van der Waals surface area contributed by atoms with E-state index < -0.39 is 11.9 Å². The van der Waals surface area contributed by atoms with Gasteiger partial charge in [-0.05, 0) is 31.2 Å².